The normalized spacial score (nSPS) is 20.1. The van der Waals surface area contributed by atoms with Crippen molar-refractivity contribution in [1.82, 2.24) is 25.4 Å². The minimum atomic E-state index is -0.215. The molecule has 7 nitrogen and oxygen atoms in total. The second kappa shape index (κ2) is 6.76. The molecular formula is C22H23N5O2. The number of hydrogen-bond donors (Lipinski definition) is 1. The summed E-state index contributed by atoms with van der Waals surface area (Å²) in [7, 11) is 0. The number of hydrogen-bond acceptors (Lipinski definition) is 6. The zero-order chi connectivity index (χ0) is 20.0. The Morgan fingerprint density at radius 3 is 2.79 bits per heavy atom. The van der Waals surface area contributed by atoms with Crippen LogP contribution in [0.5, 0.6) is 0 Å². The number of carbonyl (C=O) groups excluding carboxylic acids is 1. The van der Waals surface area contributed by atoms with Crippen molar-refractivity contribution in [2.45, 2.75) is 51.5 Å². The van der Waals surface area contributed by atoms with E-state index in [9.17, 15) is 4.79 Å². The number of fused-ring (bicyclic) bond motifs is 1. The van der Waals surface area contributed by atoms with Gasteiger partial charge in [0.25, 0.3) is 5.91 Å². The van der Waals surface area contributed by atoms with Crippen LogP contribution in [0.25, 0.3) is 11.4 Å². The summed E-state index contributed by atoms with van der Waals surface area (Å²) < 4.78 is 5.33. The number of nitrogens with zero attached hydrogens (tertiary/aromatic N) is 4. The molecule has 3 heterocycles. The van der Waals surface area contributed by atoms with E-state index in [4.69, 9.17) is 9.51 Å². The smallest absolute Gasteiger partial charge is 0.273 e. The highest BCUT2D eigenvalue weighted by Gasteiger charge is 2.35. The molecule has 3 aromatic heterocycles. The molecule has 2 aliphatic carbocycles. The Balaban J connectivity index is 1.42. The first-order chi connectivity index (χ1) is 14.0. The molecule has 1 amide bonds. The number of amides is 1. The topological polar surface area (TPSA) is 93.8 Å². The van der Waals surface area contributed by atoms with Crippen LogP contribution in [0.1, 0.15) is 72.6 Å². The van der Waals surface area contributed by atoms with Gasteiger partial charge in [0.1, 0.15) is 5.76 Å². The summed E-state index contributed by atoms with van der Waals surface area (Å²) in [5.74, 6) is 1.70. The van der Waals surface area contributed by atoms with Gasteiger partial charge in [0, 0.05) is 41.7 Å². The molecule has 0 bridgehead atoms. The summed E-state index contributed by atoms with van der Waals surface area (Å²) in [6.45, 7) is 4.40. The van der Waals surface area contributed by atoms with E-state index in [-0.39, 0.29) is 17.4 Å². The van der Waals surface area contributed by atoms with E-state index in [1.54, 1.807) is 18.5 Å². The molecule has 1 unspecified atom stereocenters. The van der Waals surface area contributed by atoms with Crippen LogP contribution in [0.4, 0.5) is 0 Å². The molecule has 29 heavy (non-hydrogen) atoms. The van der Waals surface area contributed by atoms with Gasteiger partial charge in [0.05, 0.1) is 11.7 Å². The van der Waals surface area contributed by atoms with Gasteiger partial charge < -0.3 is 9.84 Å². The van der Waals surface area contributed by atoms with Gasteiger partial charge in [-0.2, -0.15) is 0 Å². The molecule has 3 aromatic rings. The fourth-order valence-electron chi connectivity index (χ4n) is 4.00. The van der Waals surface area contributed by atoms with Crippen molar-refractivity contribution in [1.29, 1.82) is 0 Å². The third kappa shape index (κ3) is 3.64. The molecule has 1 atom stereocenters. The summed E-state index contributed by atoms with van der Waals surface area (Å²) in [4.78, 5) is 26.2. The molecule has 0 aliphatic heterocycles. The lowest BCUT2D eigenvalue weighted by atomic mass is 9.74. The van der Waals surface area contributed by atoms with Gasteiger partial charge in [-0.25, -0.2) is 9.97 Å². The summed E-state index contributed by atoms with van der Waals surface area (Å²) in [6.07, 6.45) is 9.19. The van der Waals surface area contributed by atoms with Gasteiger partial charge in [-0.05, 0) is 43.2 Å². The summed E-state index contributed by atoms with van der Waals surface area (Å²) in [5, 5.41) is 7.09. The van der Waals surface area contributed by atoms with E-state index < -0.39 is 0 Å². The first kappa shape index (κ1) is 18.0. The Bertz CT molecular complexity index is 1060. The van der Waals surface area contributed by atoms with Crippen LogP contribution in [0.15, 0.2) is 41.3 Å². The molecule has 1 N–H and O–H groups in total. The Labute approximate surface area is 169 Å². The van der Waals surface area contributed by atoms with E-state index in [0.29, 0.717) is 17.4 Å². The van der Waals surface area contributed by atoms with Gasteiger partial charge in [-0.1, -0.05) is 19.0 Å². The van der Waals surface area contributed by atoms with E-state index in [0.717, 1.165) is 48.3 Å². The minimum Gasteiger partial charge on any atom is -0.360 e. The maximum absolute atomic E-state index is 12.8. The van der Waals surface area contributed by atoms with Crippen LogP contribution in [0, 0.1) is 5.41 Å². The summed E-state index contributed by atoms with van der Waals surface area (Å²) in [6, 6.07) is 5.41. The van der Waals surface area contributed by atoms with Crippen molar-refractivity contribution < 1.29 is 9.32 Å². The van der Waals surface area contributed by atoms with Crippen molar-refractivity contribution in [3.05, 3.63) is 59.5 Å². The number of aromatic nitrogens is 4. The average Bonchev–Trinajstić information content (AvgIpc) is 3.43. The molecular weight excluding hydrogens is 366 g/mol. The fourth-order valence-corrected chi connectivity index (χ4v) is 4.00. The number of pyridine rings is 1. The van der Waals surface area contributed by atoms with Gasteiger partial charge in [-0.3, -0.25) is 9.78 Å². The highest BCUT2D eigenvalue weighted by Crippen LogP contribution is 2.41. The summed E-state index contributed by atoms with van der Waals surface area (Å²) in [5.41, 5.74) is 3.24. The predicted octanol–water partition coefficient (Wildman–Crippen LogP) is 3.85. The molecule has 148 valence electrons. The lowest BCUT2D eigenvalue weighted by Crippen LogP contribution is -2.37. The van der Waals surface area contributed by atoms with Crippen molar-refractivity contribution in [3.63, 3.8) is 0 Å². The number of nitrogens with one attached hydrogen (secondary N) is 1. The van der Waals surface area contributed by atoms with E-state index in [1.165, 1.54) is 0 Å². The zero-order valence-electron chi connectivity index (χ0n) is 16.6. The van der Waals surface area contributed by atoms with Crippen LogP contribution < -0.4 is 5.32 Å². The quantitative estimate of drug-likeness (QED) is 0.728. The van der Waals surface area contributed by atoms with Gasteiger partial charge in [0.2, 0.25) is 0 Å². The third-order valence-corrected chi connectivity index (χ3v) is 5.66. The monoisotopic (exact) mass is 389 g/mol. The minimum absolute atomic E-state index is 0.0117. The maximum atomic E-state index is 12.8. The van der Waals surface area contributed by atoms with Crippen molar-refractivity contribution in [2.75, 3.05) is 0 Å². The fraction of sp³-hybridized carbons (Fsp3) is 0.409. The molecule has 7 heteroatoms. The van der Waals surface area contributed by atoms with E-state index in [1.807, 2.05) is 18.3 Å². The average molecular weight is 389 g/mol. The van der Waals surface area contributed by atoms with Crippen molar-refractivity contribution in [3.8, 4) is 11.4 Å². The van der Waals surface area contributed by atoms with Gasteiger partial charge in [0.15, 0.2) is 11.5 Å². The molecule has 0 spiro atoms. The van der Waals surface area contributed by atoms with Crippen molar-refractivity contribution >= 4 is 5.91 Å². The SMILES string of the molecule is CC1(C)Cc2nc(-c3ccncc3)ncc2C(NC(=O)c2cc(C3CC3)on2)C1. The van der Waals surface area contributed by atoms with Crippen molar-refractivity contribution in [2.24, 2.45) is 5.41 Å². The van der Waals surface area contributed by atoms with Crippen LogP contribution in [0.3, 0.4) is 0 Å². The van der Waals surface area contributed by atoms with Crippen LogP contribution in [-0.4, -0.2) is 26.0 Å². The van der Waals surface area contributed by atoms with E-state index >= 15 is 0 Å². The Morgan fingerprint density at radius 2 is 2.03 bits per heavy atom. The lowest BCUT2D eigenvalue weighted by molar-refractivity contribution is 0.0909. The zero-order valence-corrected chi connectivity index (χ0v) is 16.6. The molecule has 1 saturated carbocycles. The third-order valence-electron chi connectivity index (χ3n) is 5.66. The van der Waals surface area contributed by atoms with E-state index in [2.05, 4.69) is 34.3 Å². The maximum Gasteiger partial charge on any atom is 0.273 e. The van der Waals surface area contributed by atoms with Crippen LogP contribution in [-0.2, 0) is 6.42 Å². The largest absolute Gasteiger partial charge is 0.360 e. The first-order valence-electron chi connectivity index (χ1n) is 10.0. The Morgan fingerprint density at radius 1 is 1.24 bits per heavy atom. The van der Waals surface area contributed by atoms with Gasteiger partial charge >= 0.3 is 0 Å². The molecule has 1 fully saturated rings. The summed E-state index contributed by atoms with van der Waals surface area (Å²) >= 11 is 0. The van der Waals surface area contributed by atoms with Gasteiger partial charge in [-0.15, -0.1) is 0 Å². The molecule has 0 radical (unpaired) electrons. The first-order valence-corrected chi connectivity index (χ1v) is 10.0. The van der Waals surface area contributed by atoms with Crippen LogP contribution >= 0.6 is 0 Å². The molecule has 2 aliphatic rings. The second-order valence-electron chi connectivity index (χ2n) is 8.79. The number of rotatable bonds is 4. The highest BCUT2D eigenvalue weighted by molar-refractivity contribution is 5.92. The molecule has 0 aromatic carbocycles. The second-order valence-corrected chi connectivity index (χ2v) is 8.79. The molecule has 5 rings (SSSR count). The number of carbonyl (C=O) groups is 1. The lowest BCUT2D eigenvalue weighted by Gasteiger charge is -2.36. The Hall–Kier alpha value is -3.09. The highest BCUT2D eigenvalue weighted by atomic mass is 16.5. The molecule has 0 saturated heterocycles. The predicted molar refractivity (Wildman–Crippen MR) is 106 cm³/mol. The standard InChI is InChI=1S/C22H23N5O2/c1-22(2)10-17-15(12-24-20(25-17)14-5-7-23-8-6-14)18(11-22)26-21(28)16-9-19(29-27-16)13-3-4-13/h5-9,12-13,18H,3-4,10-11H2,1-2H3,(H,26,28). The Kier molecular flexibility index (Phi) is 4.19. The van der Waals surface area contributed by atoms with Crippen LogP contribution in [0.2, 0.25) is 0 Å².